The second-order valence-electron chi connectivity index (χ2n) is 7.09. The molecule has 0 radical (unpaired) electrons. The van der Waals surface area contributed by atoms with Crippen LogP contribution in [-0.4, -0.2) is 77.4 Å². The number of nitrogens with one attached hydrogen (secondary N) is 1. The molecular formula is C20H35IN4O2. The first-order valence-corrected chi connectivity index (χ1v) is 9.35. The molecule has 1 fully saturated rings. The largest absolute Gasteiger partial charge is 0.496 e. The Kier molecular flexibility index (Phi) is 11.0. The van der Waals surface area contributed by atoms with Gasteiger partial charge in [-0.25, -0.2) is 0 Å². The molecule has 1 aromatic rings. The van der Waals surface area contributed by atoms with E-state index in [2.05, 4.69) is 40.3 Å². The second-order valence-corrected chi connectivity index (χ2v) is 7.09. The Bertz CT molecular complexity index is 579. The molecule has 0 saturated heterocycles. The third-order valence-electron chi connectivity index (χ3n) is 4.77. The summed E-state index contributed by atoms with van der Waals surface area (Å²) in [5.41, 5.74) is 1.17. The highest BCUT2D eigenvalue weighted by Gasteiger charge is 2.21. The van der Waals surface area contributed by atoms with Gasteiger partial charge in [-0.15, -0.1) is 24.0 Å². The predicted octanol–water partition coefficient (Wildman–Crippen LogP) is 2.85. The van der Waals surface area contributed by atoms with Crippen molar-refractivity contribution in [1.82, 2.24) is 15.1 Å². The maximum Gasteiger partial charge on any atom is 0.193 e. The summed E-state index contributed by atoms with van der Waals surface area (Å²) in [6.07, 6.45) is 2.65. The highest BCUT2D eigenvalue weighted by Crippen LogP contribution is 2.29. The van der Waals surface area contributed by atoms with E-state index in [1.165, 1.54) is 18.4 Å². The minimum absolute atomic E-state index is 0. The number of halogens is 1. The lowest BCUT2D eigenvalue weighted by Crippen LogP contribution is -2.43. The Morgan fingerprint density at radius 3 is 2.56 bits per heavy atom. The summed E-state index contributed by atoms with van der Waals surface area (Å²) in [5.74, 6) is 2.59. The minimum Gasteiger partial charge on any atom is -0.496 e. The van der Waals surface area contributed by atoms with Crippen LogP contribution in [0, 0.1) is 5.92 Å². The van der Waals surface area contributed by atoms with Gasteiger partial charge in [-0.05, 0) is 38.9 Å². The number of ether oxygens (including phenoxy) is 2. The molecule has 0 aromatic heterocycles. The van der Waals surface area contributed by atoms with E-state index in [1.807, 2.05) is 32.3 Å². The topological polar surface area (TPSA) is 49.3 Å². The average Bonchev–Trinajstić information content (AvgIpc) is 3.46. The Balaban J connectivity index is 0.00000364. The fraction of sp³-hybridized carbons (Fsp3) is 0.650. The quantitative estimate of drug-likeness (QED) is 0.237. The van der Waals surface area contributed by atoms with E-state index >= 15 is 0 Å². The van der Waals surface area contributed by atoms with Crippen molar-refractivity contribution in [2.45, 2.75) is 18.9 Å². The molecule has 1 aliphatic carbocycles. The first-order chi connectivity index (χ1) is 12.6. The van der Waals surface area contributed by atoms with E-state index in [-0.39, 0.29) is 30.0 Å². The minimum atomic E-state index is 0. The number of nitrogens with zero attached hydrogens (tertiary/aromatic N) is 3. The average molecular weight is 490 g/mol. The van der Waals surface area contributed by atoms with Crippen molar-refractivity contribution in [3.8, 4) is 5.75 Å². The first kappa shape index (κ1) is 24.0. The summed E-state index contributed by atoms with van der Waals surface area (Å²) < 4.78 is 11.3. The molecule has 154 valence electrons. The molecule has 1 atom stereocenters. The number of aliphatic imine (C=N–C) groups is 1. The maximum absolute atomic E-state index is 5.74. The van der Waals surface area contributed by atoms with Crippen molar-refractivity contribution in [2.75, 3.05) is 61.6 Å². The molecule has 0 spiro atoms. The van der Waals surface area contributed by atoms with Crippen molar-refractivity contribution in [3.05, 3.63) is 29.8 Å². The van der Waals surface area contributed by atoms with Crippen LogP contribution in [0.3, 0.4) is 0 Å². The van der Waals surface area contributed by atoms with Crippen molar-refractivity contribution in [2.24, 2.45) is 10.9 Å². The van der Waals surface area contributed by atoms with Gasteiger partial charge >= 0.3 is 0 Å². The fourth-order valence-corrected chi connectivity index (χ4v) is 2.93. The van der Waals surface area contributed by atoms with Crippen molar-refractivity contribution >= 4 is 29.9 Å². The number of para-hydroxylation sites is 1. The standard InChI is InChI=1S/C20H34N4O2.HI/c1-21-20(24(4)12-13-26-15-16-10-11-16)22-14-18(23(2)3)17-8-6-7-9-19(17)25-5;/h6-9,16,18H,10-15H2,1-5H3,(H,21,22);1H. The summed E-state index contributed by atoms with van der Waals surface area (Å²) in [6, 6.07) is 8.35. The van der Waals surface area contributed by atoms with Crippen LogP contribution in [0.5, 0.6) is 5.75 Å². The van der Waals surface area contributed by atoms with Gasteiger partial charge in [0.05, 0.1) is 19.8 Å². The maximum atomic E-state index is 5.74. The molecule has 6 nitrogen and oxygen atoms in total. The Morgan fingerprint density at radius 2 is 1.96 bits per heavy atom. The van der Waals surface area contributed by atoms with Gasteiger partial charge in [0.1, 0.15) is 5.75 Å². The zero-order valence-corrected chi connectivity index (χ0v) is 19.6. The van der Waals surface area contributed by atoms with Crippen LogP contribution in [0.1, 0.15) is 24.4 Å². The normalized spacial score (nSPS) is 15.3. The van der Waals surface area contributed by atoms with Crippen LogP contribution < -0.4 is 10.1 Å². The predicted molar refractivity (Wildman–Crippen MR) is 122 cm³/mol. The van der Waals surface area contributed by atoms with E-state index in [9.17, 15) is 0 Å². The van der Waals surface area contributed by atoms with Crippen molar-refractivity contribution in [3.63, 3.8) is 0 Å². The van der Waals surface area contributed by atoms with Gasteiger partial charge in [-0.2, -0.15) is 0 Å². The van der Waals surface area contributed by atoms with E-state index in [0.29, 0.717) is 0 Å². The lowest BCUT2D eigenvalue weighted by molar-refractivity contribution is 0.115. The lowest BCUT2D eigenvalue weighted by atomic mass is 10.0. The van der Waals surface area contributed by atoms with Gasteiger partial charge in [-0.3, -0.25) is 4.99 Å². The van der Waals surface area contributed by atoms with Gasteiger partial charge in [0.15, 0.2) is 5.96 Å². The highest BCUT2D eigenvalue weighted by atomic mass is 127. The summed E-state index contributed by atoms with van der Waals surface area (Å²) in [6.45, 7) is 3.20. The molecule has 0 aliphatic heterocycles. The molecule has 0 heterocycles. The number of hydrogen-bond acceptors (Lipinski definition) is 4. The van der Waals surface area contributed by atoms with Crippen molar-refractivity contribution in [1.29, 1.82) is 0 Å². The van der Waals surface area contributed by atoms with Crippen LogP contribution >= 0.6 is 24.0 Å². The zero-order chi connectivity index (χ0) is 18.9. The van der Waals surface area contributed by atoms with Gasteiger partial charge < -0.3 is 24.6 Å². The fourth-order valence-electron chi connectivity index (χ4n) is 2.93. The van der Waals surface area contributed by atoms with E-state index < -0.39 is 0 Å². The zero-order valence-electron chi connectivity index (χ0n) is 17.3. The molecule has 0 amide bonds. The number of rotatable bonds is 10. The third-order valence-corrected chi connectivity index (χ3v) is 4.77. The van der Waals surface area contributed by atoms with Crippen LogP contribution in [0.2, 0.25) is 0 Å². The molecule has 0 bridgehead atoms. The van der Waals surface area contributed by atoms with Gasteiger partial charge in [0.25, 0.3) is 0 Å². The molecule has 7 heteroatoms. The second kappa shape index (κ2) is 12.4. The van der Waals surface area contributed by atoms with Crippen LogP contribution in [0.4, 0.5) is 0 Å². The van der Waals surface area contributed by atoms with Crippen LogP contribution in [-0.2, 0) is 4.74 Å². The Hall–Kier alpha value is -1.06. The molecular weight excluding hydrogens is 455 g/mol. The number of likely N-dealkylation sites (N-methyl/N-ethyl adjacent to an activating group) is 2. The summed E-state index contributed by atoms with van der Waals surface area (Å²) in [4.78, 5) is 8.71. The van der Waals surface area contributed by atoms with Crippen LogP contribution in [0.15, 0.2) is 29.3 Å². The summed E-state index contributed by atoms with van der Waals surface area (Å²) in [5, 5.41) is 3.49. The monoisotopic (exact) mass is 490 g/mol. The van der Waals surface area contributed by atoms with E-state index in [4.69, 9.17) is 9.47 Å². The molecule has 1 aliphatic rings. The van der Waals surface area contributed by atoms with Gasteiger partial charge in [-0.1, -0.05) is 18.2 Å². The molecule has 27 heavy (non-hydrogen) atoms. The Morgan fingerprint density at radius 1 is 1.26 bits per heavy atom. The van der Waals surface area contributed by atoms with E-state index in [0.717, 1.165) is 43.9 Å². The molecule has 1 unspecified atom stereocenters. The van der Waals surface area contributed by atoms with Gasteiger partial charge in [0, 0.05) is 39.4 Å². The number of hydrogen-bond donors (Lipinski definition) is 1. The number of methoxy groups -OCH3 is 1. The van der Waals surface area contributed by atoms with Gasteiger partial charge in [0.2, 0.25) is 0 Å². The SMILES string of the molecule is CN=C(NCC(c1ccccc1OC)N(C)C)N(C)CCOCC1CC1.I. The third kappa shape index (κ3) is 7.83. The summed E-state index contributed by atoms with van der Waals surface area (Å²) >= 11 is 0. The van der Waals surface area contributed by atoms with Crippen molar-refractivity contribution < 1.29 is 9.47 Å². The molecule has 1 N–H and O–H groups in total. The summed E-state index contributed by atoms with van der Waals surface area (Å²) in [7, 11) is 9.74. The molecule has 1 aromatic carbocycles. The number of guanidine groups is 1. The Labute approximate surface area is 181 Å². The first-order valence-electron chi connectivity index (χ1n) is 9.35. The number of benzene rings is 1. The highest BCUT2D eigenvalue weighted by molar-refractivity contribution is 14.0. The molecule has 1 saturated carbocycles. The molecule has 2 rings (SSSR count). The smallest absolute Gasteiger partial charge is 0.193 e. The lowest BCUT2D eigenvalue weighted by Gasteiger charge is -2.29. The van der Waals surface area contributed by atoms with E-state index in [1.54, 1.807) is 7.11 Å². The van der Waals surface area contributed by atoms with Crippen LogP contribution in [0.25, 0.3) is 0 Å².